The summed E-state index contributed by atoms with van der Waals surface area (Å²) in [5.41, 5.74) is 2.52. The molecule has 0 radical (unpaired) electrons. The zero-order valence-corrected chi connectivity index (χ0v) is 25.8. The molecule has 0 N–H and O–H groups in total. The van der Waals surface area contributed by atoms with E-state index in [1.165, 1.54) is 11.5 Å². The topological polar surface area (TPSA) is 35.6 Å². The summed E-state index contributed by atoms with van der Waals surface area (Å²) in [5.74, 6) is 0.427. The molecule has 0 aliphatic rings. The van der Waals surface area contributed by atoms with Crippen molar-refractivity contribution in [3.63, 3.8) is 0 Å². The minimum absolute atomic E-state index is 0.0110. The molecule has 49 heavy (non-hydrogen) atoms. The largest absolute Gasteiger partial charge is 0.309 e. The van der Waals surface area contributed by atoms with Crippen LogP contribution in [0, 0.1) is 6.92 Å². The molecule has 0 unspecified atom stereocenters. The van der Waals surface area contributed by atoms with Gasteiger partial charge in [-0.05, 0) is 79.1 Å². The third kappa shape index (κ3) is 4.31. The van der Waals surface area contributed by atoms with Crippen LogP contribution in [-0.2, 0) is 0 Å². The first-order valence-electron chi connectivity index (χ1n) is 22.5. The van der Waals surface area contributed by atoms with Gasteiger partial charge in [-0.15, -0.1) is 0 Å². The van der Waals surface area contributed by atoms with Crippen molar-refractivity contribution in [3.8, 4) is 34.0 Å². The molecule has 10 rings (SSSR count). The van der Waals surface area contributed by atoms with Gasteiger partial charge in [-0.3, -0.25) is 0 Å². The number of nitrogens with zero attached hydrogens (tertiary/aromatic N) is 4. The van der Waals surface area contributed by atoms with Gasteiger partial charge in [0.25, 0.3) is 0 Å². The van der Waals surface area contributed by atoms with E-state index in [-0.39, 0.29) is 73.3 Å². The number of hydrogen-bond donors (Lipinski definition) is 0. The van der Waals surface area contributed by atoms with Gasteiger partial charge in [-0.25, -0.2) is 9.97 Å². The van der Waals surface area contributed by atoms with Crippen molar-refractivity contribution >= 4 is 54.5 Å². The maximum atomic E-state index is 9.98. The summed E-state index contributed by atoms with van der Waals surface area (Å²) in [6, 6.07) is 16.6. The molecule has 230 valence electrons. The maximum absolute atomic E-state index is 9.98. The summed E-state index contributed by atoms with van der Waals surface area (Å²) in [7, 11) is 0. The Kier molecular flexibility index (Phi) is 3.74. The molecule has 0 bridgehead atoms. The Bertz CT molecular complexity index is 3650. The molecular weight excluding hydrogens is 597 g/mol. The van der Waals surface area contributed by atoms with Crippen LogP contribution in [0.4, 0.5) is 0 Å². The molecular formula is C45H30N4. The Labute approximate surface area is 302 Å². The monoisotopic (exact) mass is 640 g/mol. The summed E-state index contributed by atoms with van der Waals surface area (Å²) < 4.78 is 128. The second-order valence-electron chi connectivity index (χ2n) is 11.6. The first-order chi connectivity index (χ1) is 30.1. The van der Waals surface area contributed by atoms with E-state index in [1.807, 2.05) is 54.6 Å². The molecule has 4 nitrogen and oxygen atoms in total. The van der Waals surface area contributed by atoms with Gasteiger partial charge in [0.05, 0.1) is 52.5 Å². The van der Waals surface area contributed by atoms with Gasteiger partial charge < -0.3 is 9.13 Å². The molecule has 0 fully saturated rings. The highest BCUT2D eigenvalue weighted by Gasteiger charge is 2.19. The van der Waals surface area contributed by atoms with Gasteiger partial charge in [0, 0.05) is 49.4 Å². The van der Waals surface area contributed by atoms with Crippen molar-refractivity contribution in [2.24, 2.45) is 0 Å². The molecule has 3 aromatic heterocycles. The van der Waals surface area contributed by atoms with Gasteiger partial charge in [0.2, 0.25) is 0 Å². The van der Waals surface area contributed by atoms with Crippen molar-refractivity contribution in [1.82, 2.24) is 19.1 Å². The second kappa shape index (κ2) is 10.8. The molecule has 0 saturated heterocycles. The molecule has 3 heterocycles. The minimum atomic E-state index is -0.729. The third-order valence-corrected chi connectivity index (χ3v) is 8.68. The van der Waals surface area contributed by atoms with E-state index < -0.39 is 66.1 Å². The van der Waals surface area contributed by atoms with E-state index in [1.54, 1.807) is 24.3 Å². The first-order valence-corrected chi connectivity index (χ1v) is 15.5. The van der Waals surface area contributed by atoms with Crippen LogP contribution in [0.25, 0.3) is 88.5 Å². The number of rotatable bonds is 4. The highest BCUT2D eigenvalue weighted by atomic mass is 15.0. The summed E-state index contributed by atoms with van der Waals surface area (Å²) >= 11 is 0. The van der Waals surface area contributed by atoms with E-state index in [0.29, 0.717) is 17.1 Å². The van der Waals surface area contributed by atoms with Crippen LogP contribution in [0.1, 0.15) is 24.8 Å². The number of aromatic nitrogens is 4. The van der Waals surface area contributed by atoms with Crippen LogP contribution >= 0.6 is 0 Å². The van der Waals surface area contributed by atoms with Gasteiger partial charge in [-0.1, -0.05) is 96.9 Å². The number of fused-ring (bicyclic) bond motifs is 7. The summed E-state index contributed by atoms with van der Waals surface area (Å²) in [6.45, 7) is 1.53. The summed E-state index contributed by atoms with van der Waals surface area (Å²) in [4.78, 5) is 9.85. The Hall–Kier alpha value is -6.52. The number of benzene rings is 7. The normalized spacial score (nSPS) is 15.8. The fourth-order valence-corrected chi connectivity index (χ4v) is 6.51. The molecule has 0 amide bonds. The van der Waals surface area contributed by atoms with Crippen molar-refractivity contribution in [3.05, 3.63) is 169 Å². The van der Waals surface area contributed by atoms with Gasteiger partial charge in [0.15, 0.2) is 5.82 Å². The van der Waals surface area contributed by atoms with Crippen LogP contribution < -0.4 is 0 Å². The highest BCUT2D eigenvalue weighted by Crippen LogP contribution is 2.40. The fraction of sp³-hybridized carbons (Fsp3) is 0.0222. The Balaban J connectivity index is 1.35. The van der Waals surface area contributed by atoms with Gasteiger partial charge >= 0.3 is 0 Å². The molecule has 0 spiro atoms. The molecule has 0 aliphatic heterocycles. The van der Waals surface area contributed by atoms with Crippen molar-refractivity contribution in [2.75, 3.05) is 0 Å². The van der Waals surface area contributed by atoms with Gasteiger partial charge in [0.1, 0.15) is 0 Å². The zero-order chi connectivity index (χ0) is 44.7. The first kappa shape index (κ1) is 17.0. The number of hydrogen-bond acceptors (Lipinski definition) is 2. The van der Waals surface area contributed by atoms with Crippen LogP contribution in [0.5, 0.6) is 0 Å². The predicted molar refractivity (Wildman–Crippen MR) is 204 cm³/mol. The number of para-hydroxylation sites is 3. The lowest BCUT2D eigenvalue weighted by Gasteiger charge is -2.11. The molecule has 4 heteroatoms. The predicted octanol–water partition coefficient (Wildman–Crippen LogP) is 11.5. The molecule has 0 atom stereocenters. The van der Waals surface area contributed by atoms with E-state index >= 15 is 0 Å². The van der Waals surface area contributed by atoms with Crippen LogP contribution in [0.3, 0.4) is 0 Å². The zero-order valence-electron chi connectivity index (χ0n) is 39.8. The van der Waals surface area contributed by atoms with Crippen LogP contribution in [0.2, 0.25) is 0 Å². The molecule has 10 aromatic rings. The minimum Gasteiger partial charge on any atom is -0.309 e. The third-order valence-electron chi connectivity index (χ3n) is 8.68. The lowest BCUT2D eigenvalue weighted by atomic mass is 10.1. The maximum Gasteiger partial charge on any atom is 0.160 e. The lowest BCUT2D eigenvalue weighted by molar-refractivity contribution is 1.17. The average molecular weight is 641 g/mol. The smallest absolute Gasteiger partial charge is 0.160 e. The van der Waals surface area contributed by atoms with E-state index in [2.05, 4.69) is 0 Å². The van der Waals surface area contributed by atoms with Gasteiger partial charge in [-0.2, -0.15) is 0 Å². The van der Waals surface area contributed by atoms with Crippen molar-refractivity contribution < 1.29 is 19.2 Å². The molecule has 0 saturated carbocycles. The van der Waals surface area contributed by atoms with E-state index in [4.69, 9.17) is 23.7 Å². The Morgan fingerprint density at radius 3 is 1.92 bits per heavy atom. The quantitative estimate of drug-likeness (QED) is 0.192. The summed E-state index contributed by atoms with van der Waals surface area (Å²) in [6.07, 6.45) is 0. The summed E-state index contributed by atoms with van der Waals surface area (Å²) in [5, 5.41) is 0.355. The van der Waals surface area contributed by atoms with Crippen LogP contribution in [0.15, 0.2) is 163 Å². The Morgan fingerprint density at radius 2 is 1.12 bits per heavy atom. The standard InChI is InChI=1S/C45H30N4/c1-29-20-25-35-38-28-42-37(34-16-9-11-19-40(34)48(42)32-14-6-3-7-15-32)27-43(38)49(41(35)26-29)33-23-21-31(22-24-33)45-46-39-18-10-8-17-36(39)44(47-45)30-12-4-2-5-13-30/h2-28H,1H3/i3D,6D,7D,9D,11D,14D,15D,16D,19D,20D,25D,26D,27D,28D. The van der Waals surface area contributed by atoms with E-state index in [0.717, 1.165) is 26.7 Å². The average Bonchev–Trinajstić information content (AvgIpc) is 3.85. The van der Waals surface area contributed by atoms with Crippen molar-refractivity contribution in [1.29, 1.82) is 0 Å². The van der Waals surface area contributed by atoms with Crippen molar-refractivity contribution in [2.45, 2.75) is 6.92 Å². The fourth-order valence-electron chi connectivity index (χ4n) is 6.51. The molecule has 7 aromatic carbocycles. The second-order valence-corrected chi connectivity index (χ2v) is 11.6. The SMILES string of the molecule is [2H]c1c([2H])c([2H])c(-n2c3c([2H])c([2H])c([2H])c([2H])c3c3c([2H])c4c(c([2H])c32)c2c([2H])c([2H])c(C)c([2H])c2n4-c2ccc(-c3nc(-c4ccccc4)c4ccccc4n3)cc2)c([2H])c1[2H]. The van der Waals surface area contributed by atoms with E-state index in [9.17, 15) is 5.48 Å². The Morgan fingerprint density at radius 1 is 0.469 bits per heavy atom. The lowest BCUT2D eigenvalue weighted by Crippen LogP contribution is -1.97. The highest BCUT2D eigenvalue weighted by molar-refractivity contribution is 6.19. The van der Waals surface area contributed by atoms with Crippen LogP contribution in [-0.4, -0.2) is 19.1 Å². The molecule has 0 aliphatic carbocycles.